The molecule has 140 valence electrons. The maximum Gasteiger partial charge on any atom is 0.240 e. The lowest BCUT2D eigenvalue weighted by atomic mass is 10.4. The molecule has 0 radical (unpaired) electrons. The zero-order valence-corrected chi connectivity index (χ0v) is 15.7. The third-order valence-corrected chi connectivity index (χ3v) is 5.16. The molecule has 10 heteroatoms. The number of nitrogens with one attached hydrogen (secondary N) is 3. The number of halogens is 1. The van der Waals surface area contributed by atoms with Crippen LogP contribution in [0.4, 0.5) is 17.5 Å². The second-order valence-electron chi connectivity index (χ2n) is 5.42. The van der Waals surface area contributed by atoms with Gasteiger partial charge >= 0.3 is 0 Å². The van der Waals surface area contributed by atoms with Crippen LogP contribution in [-0.2, 0) is 10.0 Å². The molecule has 0 bridgehead atoms. The van der Waals surface area contributed by atoms with Crippen LogP contribution in [-0.4, -0.2) is 36.7 Å². The van der Waals surface area contributed by atoms with Crippen LogP contribution in [0.1, 0.15) is 0 Å². The maximum atomic E-state index is 12.1. The van der Waals surface area contributed by atoms with Crippen molar-refractivity contribution < 1.29 is 8.42 Å². The van der Waals surface area contributed by atoms with Crippen molar-refractivity contribution in [1.29, 1.82) is 0 Å². The smallest absolute Gasteiger partial charge is 0.240 e. The Morgan fingerprint density at radius 1 is 0.852 bits per heavy atom. The molecule has 8 nitrogen and oxygen atoms in total. The minimum atomic E-state index is -3.57. The Bertz CT molecular complexity index is 967. The van der Waals surface area contributed by atoms with Gasteiger partial charge in [0, 0.05) is 24.3 Å². The first-order valence-electron chi connectivity index (χ1n) is 8.04. The Kier molecular flexibility index (Phi) is 6.17. The lowest BCUT2D eigenvalue weighted by molar-refractivity contribution is 0.583. The summed E-state index contributed by atoms with van der Waals surface area (Å²) in [4.78, 5) is 4.31. The first-order valence-corrected chi connectivity index (χ1v) is 9.90. The van der Waals surface area contributed by atoms with E-state index in [1.54, 1.807) is 18.3 Å². The monoisotopic (exact) mass is 404 g/mol. The average molecular weight is 405 g/mol. The molecule has 0 amide bonds. The molecular formula is C17H17ClN6O2S. The Morgan fingerprint density at radius 3 is 2.26 bits per heavy atom. The van der Waals surface area contributed by atoms with Crippen molar-refractivity contribution in [3.63, 3.8) is 0 Å². The summed E-state index contributed by atoms with van der Waals surface area (Å²) in [5.74, 6) is 1.76. The van der Waals surface area contributed by atoms with Crippen molar-refractivity contribution >= 4 is 39.1 Å². The molecule has 1 aromatic carbocycles. The zero-order valence-electron chi connectivity index (χ0n) is 14.1. The maximum absolute atomic E-state index is 12.1. The number of rotatable bonds is 8. The van der Waals surface area contributed by atoms with E-state index in [0.717, 1.165) is 0 Å². The number of anilines is 3. The minimum Gasteiger partial charge on any atom is -0.367 e. The standard InChI is InChI=1S/C17H17ClN6O2S/c18-13-4-6-14(7-5-13)27(25,26)21-12-11-20-16-8-9-17(24-23-16)22-15-3-1-2-10-19-15/h1-10,21H,11-12H2,(H,20,23)(H,19,22,24). The van der Waals surface area contributed by atoms with Gasteiger partial charge in [0.15, 0.2) is 5.82 Å². The average Bonchev–Trinajstić information content (AvgIpc) is 2.68. The third kappa shape index (κ3) is 5.61. The van der Waals surface area contributed by atoms with Gasteiger partial charge in [-0.3, -0.25) is 0 Å². The molecule has 0 spiro atoms. The Labute approximate surface area is 162 Å². The van der Waals surface area contributed by atoms with Gasteiger partial charge in [-0.25, -0.2) is 18.1 Å². The van der Waals surface area contributed by atoms with Crippen molar-refractivity contribution in [2.24, 2.45) is 0 Å². The van der Waals surface area contributed by atoms with Crippen molar-refractivity contribution in [3.05, 3.63) is 65.8 Å². The number of pyridine rings is 1. The molecule has 2 heterocycles. The van der Waals surface area contributed by atoms with Gasteiger partial charge in [-0.1, -0.05) is 17.7 Å². The number of hydrogen-bond acceptors (Lipinski definition) is 7. The molecule has 0 saturated heterocycles. The summed E-state index contributed by atoms with van der Waals surface area (Å²) in [6.07, 6.45) is 1.68. The Balaban J connectivity index is 1.47. The Hall–Kier alpha value is -2.75. The highest BCUT2D eigenvalue weighted by molar-refractivity contribution is 7.89. The molecule has 0 aliphatic heterocycles. The summed E-state index contributed by atoms with van der Waals surface area (Å²) in [6.45, 7) is 0.551. The highest BCUT2D eigenvalue weighted by Crippen LogP contribution is 2.14. The van der Waals surface area contributed by atoms with Gasteiger partial charge < -0.3 is 10.6 Å². The molecule has 27 heavy (non-hydrogen) atoms. The van der Waals surface area contributed by atoms with E-state index in [0.29, 0.717) is 29.0 Å². The van der Waals surface area contributed by atoms with E-state index in [-0.39, 0.29) is 11.4 Å². The summed E-state index contributed by atoms with van der Waals surface area (Å²) < 4.78 is 26.8. The van der Waals surface area contributed by atoms with Gasteiger partial charge in [0.1, 0.15) is 11.6 Å². The lowest BCUT2D eigenvalue weighted by Crippen LogP contribution is -2.29. The predicted molar refractivity (Wildman–Crippen MR) is 105 cm³/mol. The number of sulfonamides is 1. The fourth-order valence-corrected chi connectivity index (χ4v) is 3.29. The molecular weight excluding hydrogens is 388 g/mol. The van der Waals surface area contributed by atoms with E-state index in [1.165, 1.54) is 24.3 Å². The normalized spacial score (nSPS) is 11.1. The largest absolute Gasteiger partial charge is 0.367 e. The molecule has 3 rings (SSSR count). The van der Waals surface area contributed by atoms with Crippen molar-refractivity contribution in [2.75, 3.05) is 23.7 Å². The summed E-state index contributed by atoms with van der Waals surface area (Å²) in [7, 11) is -3.57. The fraction of sp³-hybridized carbons (Fsp3) is 0.118. The topological polar surface area (TPSA) is 109 Å². The number of hydrogen-bond donors (Lipinski definition) is 3. The predicted octanol–water partition coefficient (Wildman–Crippen LogP) is 2.66. The van der Waals surface area contributed by atoms with Crippen LogP contribution in [0.3, 0.4) is 0 Å². The van der Waals surface area contributed by atoms with Gasteiger partial charge in [0.25, 0.3) is 0 Å². The van der Waals surface area contributed by atoms with Gasteiger partial charge in [-0.2, -0.15) is 0 Å². The third-order valence-electron chi connectivity index (χ3n) is 3.43. The van der Waals surface area contributed by atoms with E-state index in [9.17, 15) is 8.42 Å². The lowest BCUT2D eigenvalue weighted by Gasteiger charge is -2.09. The molecule has 2 aromatic heterocycles. The van der Waals surface area contributed by atoms with Crippen molar-refractivity contribution in [1.82, 2.24) is 19.9 Å². The molecule has 0 aliphatic rings. The summed E-state index contributed by atoms with van der Waals surface area (Å²) in [5, 5.41) is 14.6. The first kappa shape index (κ1) is 19.0. The second kappa shape index (κ2) is 8.76. The molecule has 0 saturated carbocycles. The van der Waals surface area contributed by atoms with E-state index in [1.807, 2.05) is 18.2 Å². The quantitative estimate of drug-likeness (QED) is 0.495. The van der Waals surface area contributed by atoms with Crippen LogP contribution in [0.15, 0.2) is 65.7 Å². The molecule has 3 aromatic rings. The first-order chi connectivity index (χ1) is 13.0. The van der Waals surface area contributed by atoms with Crippen LogP contribution in [0, 0.1) is 0 Å². The van der Waals surface area contributed by atoms with E-state index >= 15 is 0 Å². The van der Waals surface area contributed by atoms with Crippen LogP contribution < -0.4 is 15.4 Å². The summed E-state index contributed by atoms with van der Waals surface area (Å²) in [5.41, 5.74) is 0. The highest BCUT2D eigenvalue weighted by atomic mass is 35.5. The van der Waals surface area contributed by atoms with Crippen molar-refractivity contribution in [2.45, 2.75) is 4.90 Å². The van der Waals surface area contributed by atoms with Crippen LogP contribution in [0.25, 0.3) is 0 Å². The second-order valence-corrected chi connectivity index (χ2v) is 7.63. The van der Waals surface area contributed by atoms with Crippen LogP contribution >= 0.6 is 11.6 Å². The molecule has 3 N–H and O–H groups in total. The summed E-state index contributed by atoms with van der Waals surface area (Å²) >= 11 is 5.77. The molecule has 0 aliphatic carbocycles. The summed E-state index contributed by atoms with van der Waals surface area (Å²) in [6, 6.07) is 15.0. The van der Waals surface area contributed by atoms with Gasteiger partial charge in [0.05, 0.1) is 4.90 Å². The molecule has 0 atom stereocenters. The van der Waals surface area contributed by atoms with Gasteiger partial charge in [-0.05, 0) is 48.5 Å². The van der Waals surface area contributed by atoms with Crippen molar-refractivity contribution in [3.8, 4) is 0 Å². The van der Waals surface area contributed by atoms with Crippen LogP contribution in [0.2, 0.25) is 5.02 Å². The zero-order chi connectivity index (χ0) is 19.1. The van der Waals surface area contributed by atoms with E-state index < -0.39 is 10.0 Å². The van der Waals surface area contributed by atoms with E-state index in [2.05, 4.69) is 30.5 Å². The highest BCUT2D eigenvalue weighted by Gasteiger charge is 2.12. The SMILES string of the molecule is O=S(=O)(NCCNc1ccc(Nc2ccccn2)nn1)c1ccc(Cl)cc1. The van der Waals surface area contributed by atoms with E-state index in [4.69, 9.17) is 11.6 Å². The van der Waals surface area contributed by atoms with Gasteiger partial charge in [-0.15, -0.1) is 10.2 Å². The van der Waals surface area contributed by atoms with Crippen LogP contribution in [0.5, 0.6) is 0 Å². The molecule has 0 fully saturated rings. The minimum absolute atomic E-state index is 0.164. The number of aromatic nitrogens is 3. The van der Waals surface area contributed by atoms with Gasteiger partial charge in [0.2, 0.25) is 10.0 Å². The number of benzene rings is 1. The fourth-order valence-electron chi connectivity index (χ4n) is 2.13. The molecule has 0 unspecified atom stereocenters. The Morgan fingerprint density at radius 2 is 1.59 bits per heavy atom. The number of nitrogens with zero attached hydrogens (tertiary/aromatic N) is 3.